The number of fused-ring (bicyclic) bond motifs is 1. The summed E-state index contributed by atoms with van der Waals surface area (Å²) in [6.07, 6.45) is 0. The fraction of sp³-hybridized carbons (Fsp3) is 0.0625. The average Bonchev–Trinajstić information content (AvgIpc) is 2.50. The molecule has 3 aromatic rings. The summed E-state index contributed by atoms with van der Waals surface area (Å²) in [7, 11) is 0. The van der Waals surface area contributed by atoms with E-state index < -0.39 is 16.2 Å². The Bertz CT molecular complexity index is 978. The summed E-state index contributed by atoms with van der Waals surface area (Å²) in [6, 6.07) is 11.3. The fourth-order valence-corrected chi connectivity index (χ4v) is 2.32. The lowest BCUT2D eigenvalue weighted by atomic mass is 10.1. The van der Waals surface area contributed by atoms with Crippen molar-refractivity contribution in [1.82, 2.24) is 0 Å². The van der Waals surface area contributed by atoms with Crippen LogP contribution in [0.25, 0.3) is 11.0 Å². The van der Waals surface area contributed by atoms with Gasteiger partial charge < -0.3 is 14.8 Å². The summed E-state index contributed by atoms with van der Waals surface area (Å²) in [5.41, 5.74) is -0.433. The van der Waals surface area contributed by atoms with Crippen LogP contribution < -0.4 is 10.9 Å². The largest absolute Gasteiger partial charge is 0.506 e. The van der Waals surface area contributed by atoms with Crippen molar-refractivity contribution in [3.05, 3.63) is 68.6 Å². The molecule has 23 heavy (non-hydrogen) atoms. The van der Waals surface area contributed by atoms with E-state index >= 15 is 0 Å². The maximum atomic E-state index is 11.9. The van der Waals surface area contributed by atoms with E-state index in [0.29, 0.717) is 5.39 Å². The van der Waals surface area contributed by atoms with Gasteiger partial charge in [0, 0.05) is 5.39 Å². The van der Waals surface area contributed by atoms with Gasteiger partial charge in [-0.05, 0) is 36.8 Å². The molecule has 7 heteroatoms. The maximum absolute atomic E-state index is 11.9. The van der Waals surface area contributed by atoms with Crippen molar-refractivity contribution in [2.24, 2.45) is 0 Å². The topological polar surface area (TPSA) is 106 Å². The molecule has 0 unspecified atom stereocenters. The molecule has 2 N–H and O–H groups in total. The van der Waals surface area contributed by atoms with Crippen LogP contribution in [0, 0.1) is 17.0 Å². The third-order valence-corrected chi connectivity index (χ3v) is 3.38. The molecule has 0 saturated heterocycles. The molecule has 0 atom stereocenters. The molecule has 0 spiro atoms. The SMILES string of the molecule is Cc1ccc(O)c(Nc2c([N+](=O)[O-])c(=O)oc3ccccc23)c1. The van der Waals surface area contributed by atoms with Gasteiger partial charge in [0.15, 0.2) is 0 Å². The minimum atomic E-state index is -1.05. The molecule has 1 heterocycles. The zero-order valence-corrected chi connectivity index (χ0v) is 12.1. The Hall–Kier alpha value is -3.35. The van der Waals surface area contributed by atoms with E-state index in [9.17, 15) is 20.0 Å². The van der Waals surface area contributed by atoms with Crippen LogP contribution in [0.3, 0.4) is 0 Å². The molecule has 0 aliphatic heterocycles. The smallest absolute Gasteiger partial charge is 0.417 e. The number of hydrogen-bond acceptors (Lipinski definition) is 6. The zero-order valence-electron chi connectivity index (χ0n) is 12.1. The van der Waals surface area contributed by atoms with Gasteiger partial charge >= 0.3 is 11.3 Å². The number of phenols is 1. The van der Waals surface area contributed by atoms with Crippen molar-refractivity contribution in [2.75, 3.05) is 5.32 Å². The Morgan fingerprint density at radius 3 is 2.70 bits per heavy atom. The summed E-state index contributed by atoms with van der Waals surface area (Å²) in [6.45, 7) is 1.82. The van der Waals surface area contributed by atoms with E-state index in [1.807, 2.05) is 6.92 Å². The summed E-state index contributed by atoms with van der Waals surface area (Å²) in [4.78, 5) is 22.4. The van der Waals surface area contributed by atoms with E-state index in [-0.39, 0.29) is 22.7 Å². The van der Waals surface area contributed by atoms with Gasteiger partial charge in [-0.1, -0.05) is 18.2 Å². The monoisotopic (exact) mass is 312 g/mol. The van der Waals surface area contributed by atoms with Crippen molar-refractivity contribution in [1.29, 1.82) is 0 Å². The number of rotatable bonds is 3. The highest BCUT2D eigenvalue weighted by Crippen LogP contribution is 2.35. The summed E-state index contributed by atoms with van der Waals surface area (Å²) < 4.78 is 4.99. The first-order valence-corrected chi connectivity index (χ1v) is 6.74. The molecule has 1 aromatic heterocycles. The first kappa shape index (κ1) is 14.6. The van der Waals surface area contributed by atoms with Crippen LogP contribution in [0.4, 0.5) is 17.1 Å². The van der Waals surface area contributed by atoms with Crippen molar-refractivity contribution in [3.8, 4) is 5.75 Å². The van der Waals surface area contributed by atoms with Crippen LogP contribution in [0.2, 0.25) is 0 Å². The zero-order chi connectivity index (χ0) is 16.6. The van der Waals surface area contributed by atoms with Crippen molar-refractivity contribution in [2.45, 2.75) is 6.92 Å². The number of aryl methyl sites for hydroxylation is 1. The van der Waals surface area contributed by atoms with E-state index in [4.69, 9.17) is 4.42 Å². The second-order valence-corrected chi connectivity index (χ2v) is 5.01. The lowest BCUT2D eigenvalue weighted by Crippen LogP contribution is -2.10. The number of anilines is 2. The number of benzene rings is 2. The van der Waals surface area contributed by atoms with Gasteiger partial charge in [0.1, 0.15) is 17.0 Å². The molecular weight excluding hydrogens is 300 g/mol. The standard InChI is InChI=1S/C16H12N2O5/c1-9-6-7-12(19)11(8-9)17-14-10-4-2-3-5-13(10)23-16(20)15(14)18(21)22/h2-8,17,19H,1H3. The highest BCUT2D eigenvalue weighted by Gasteiger charge is 2.25. The maximum Gasteiger partial charge on any atom is 0.417 e. The summed E-state index contributed by atoms with van der Waals surface area (Å²) >= 11 is 0. The van der Waals surface area contributed by atoms with Crippen LogP contribution >= 0.6 is 0 Å². The predicted molar refractivity (Wildman–Crippen MR) is 85.3 cm³/mol. The molecule has 2 aromatic carbocycles. The quantitative estimate of drug-likeness (QED) is 0.332. The van der Waals surface area contributed by atoms with Crippen LogP contribution in [0.5, 0.6) is 5.75 Å². The summed E-state index contributed by atoms with van der Waals surface area (Å²) in [5.74, 6) is -0.0813. The van der Waals surface area contributed by atoms with Gasteiger partial charge in [0.25, 0.3) is 0 Å². The lowest BCUT2D eigenvalue weighted by Gasteiger charge is -2.11. The Labute approximate surface area is 129 Å². The number of hydrogen-bond donors (Lipinski definition) is 2. The van der Waals surface area contributed by atoms with E-state index in [1.165, 1.54) is 6.07 Å². The molecule has 0 saturated carbocycles. The first-order chi connectivity index (χ1) is 11.0. The number of nitrogens with one attached hydrogen (secondary N) is 1. The second kappa shape index (κ2) is 5.45. The Morgan fingerprint density at radius 2 is 1.96 bits per heavy atom. The van der Waals surface area contributed by atoms with Crippen molar-refractivity contribution in [3.63, 3.8) is 0 Å². The van der Waals surface area contributed by atoms with Crippen molar-refractivity contribution >= 4 is 28.0 Å². The number of phenolic OH excluding ortho intramolecular Hbond substituents is 1. The normalized spacial score (nSPS) is 10.7. The number of nitro groups is 1. The number of aromatic hydroxyl groups is 1. The average molecular weight is 312 g/mol. The Morgan fingerprint density at radius 1 is 1.22 bits per heavy atom. The van der Waals surface area contributed by atoms with Gasteiger partial charge in [-0.15, -0.1) is 0 Å². The van der Waals surface area contributed by atoms with Gasteiger partial charge in [0.2, 0.25) is 0 Å². The molecule has 0 amide bonds. The minimum Gasteiger partial charge on any atom is -0.506 e. The predicted octanol–water partition coefficient (Wildman–Crippen LogP) is 3.46. The van der Waals surface area contributed by atoms with E-state index in [1.54, 1.807) is 36.4 Å². The molecule has 0 fully saturated rings. The second-order valence-electron chi connectivity index (χ2n) is 5.01. The third-order valence-electron chi connectivity index (χ3n) is 3.38. The third kappa shape index (κ3) is 2.59. The van der Waals surface area contributed by atoms with Crippen LogP contribution in [0.15, 0.2) is 51.7 Å². The number of nitrogens with zero attached hydrogens (tertiary/aromatic N) is 1. The van der Waals surface area contributed by atoms with E-state index in [2.05, 4.69) is 5.32 Å². The molecule has 0 bridgehead atoms. The molecular formula is C16H12N2O5. The fourth-order valence-electron chi connectivity index (χ4n) is 2.32. The molecule has 116 valence electrons. The first-order valence-electron chi connectivity index (χ1n) is 6.74. The number of para-hydroxylation sites is 1. The van der Waals surface area contributed by atoms with Crippen molar-refractivity contribution < 1.29 is 14.4 Å². The highest BCUT2D eigenvalue weighted by molar-refractivity contribution is 5.96. The van der Waals surface area contributed by atoms with Gasteiger partial charge in [0.05, 0.1) is 10.6 Å². The molecule has 3 rings (SSSR count). The molecule has 7 nitrogen and oxygen atoms in total. The Balaban J connectivity index is 2.30. The highest BCUT2D eigenvalue weighted by atomic mass is 16.6. The molecule has 0 aliphatic carbocycles. The van der Waals surface area contributed by atoms with Gasteiger partial charge in [-0.3, -0.25) is 10.1 Å². The van der Waals surface area contributed by atoms with Gasteiger partial charge in [-0.2, -0.15) is 0 Å². The minimum absolute atomic E-state index is 0.0113. The lowest BCUT2D eigenvalue weighted by molar-refractivity contribution is -0.386. The van der Waals surface area contributed by atoms with Gasteiger partial charge in [-0.25, -0.2) is 4.79 Å². The Kier molecular flexibility index (Phi) is 3.46. The summed E-state index contributed by atoms with van der Waals surface area (Å²) in [5, 5.41) is 24.4. The molecule has 0 aliphatic rings. The van der Waals surface area contributed by atoms with Crippen LogP contribution in [0.1, 0.15) is 5.56 Å². The van der Waals surface area contributed by atoms with Crippen LogP contribution in [-0.4, -0.2) is 10.0 Å². The van der Waals surface area contributed by atoms with Crippen LogP contribution in [-0.2, 0) is 0 Å². The molecule has 0 radical (unpaired) electrons. The van der Waals surface area contributed by atoms with E-state index in [0.717, 1.165) is 5.56 Å².